The number of hydrogen-bond acceptors (Lipinski definition) is 5. The molecule has 0 aromatic heterocycles. The molecule has 1 aromatic carbocycles. The van der Waals surface area contributed by atoms with E-state index >= 15 is 0 Å². The third kappa shape index (κ3) is 3.25. The highest BCUT2D eigenvalue weighted by Gasteiger charge is 2.21. The maximum Gasteiger partial charge on any atom is 0.344 e. The fourth-order valence-electron chi connectivity index (χ4n) is 1.48. The third-order valence-electron chi connectivity index (χ3n) is 2.16. The van der Waals surface area contributed by atoms with Gasteiger partial charge in [-0.15, -0.1) is 0 Å². The second-order valence-corrected chi connectivity index (χ2v) is 3.84. The molecule has 0 aliphatic rings. The molecule has 0 N–H and O–H groups in total. The van der Waals surface area contributed by atoms with Crippen LogP contribution in [0.4, 0.5) is 5.69 Å². The molecule has 1 aromatic rings. The lowest BCUT2D eigenvalue weighted by Crippen LogP contribution is -2.12. The van der Waals surface area contributed by atoms with Gasteiger partial charge in [-0.25, -0.2) is 4.79 Å². The van der Waals surface area contributed by atoms with Gasteiger partial charge in [-0.2, -0.15) is 0 Å². The van der Waals surface area contributed by atoms with E-state index in [4.69, 9.17) is 0 Å². The van der Waals surface area contributed by atoms with Crippen molar-refractivity contribution in [1.29, 1.82) is 0 Å². The molecule has 0 atom stereocenters. The van der Waals surface area contributed by atoms with E-state index in [1.165, 1.54) is 19.2 Å². The van der Waals surface area contributed by atoms with Gasteiger partial charge in [0.25, 0.3) is 5.69 Å². The Labute approximate surface area is 98.9 Å². The molecule has 92 valence electrons. The first-order chi connectivity index (χ1) is 7.95. The molecular weight excluding hydrogens is 224 g/mol. The van der Waals surface area contributed by atoms with E-state index in [1.807, 2.05) is 19.0 Å². The van der Waals surface area contributed by atoms with Crippen LogP contribution in [0.2, 0.25) is 0 Å². The lowest BCUT2D eigenvalue weighted by molar-refractivity contribution is -0.385. The standard InChI is InChI=1S/C11H14N2O4/c1-12(2)7-8-4-5-10(13(15)16)9(6-8)11(14)17-3/h4-6H,7H2,1-3H3. The Bertz CT molecular complexity index is 443. The molecule has 0 aliphatic carbocycles. The topological polar surface area (TPSA) is 72.7 Å². The molecule has 17 heavy (non-hydrogen) atoms. The first-order valence-corrected chi connectivity index (χ1v) is 4.96. The van der Waals surface area contributed by atoms with Crippen molar-refractivity contribution in [2.75, 3.05) is 21.2 Å². The smallest absolute Gasteiger partial charge is 0.344 e. The third-order valence-corrected chi connectivity index (χ3v) is 2.16. The maximum absolute atomic E-state index is 11.4. The first-order valence-electron chi connectivity index (χ1n) is 4.96. The highest BCUT2D eigenvalue weighted by molar-refractivity contribution is 5.94. The molecule has 0 aliphatic heterocycles. The second kappa shape index (κ2) is 5.40. The van der Waals surface area contributed by atoms with Crippen molar-refractivity contribution in [3.8, 4) is 0 Å². The van der Waals surface area contributed by atoms with E-state index in [-0.39, 0.29) is 11.3 Å². The second-order valence-electron chi connectivity index (χ2n) is 3.84. The van der Waals surface area contributed by atoms with Gasteiger partial charge in [0.05, 0.1) is 12.0 Å². The zero-order valence-electron chi connectivity index (χ0n) is 9.97. The van der Waals surface area contributed by atoms with Gasteiger partial charge in [0.1, 0.15) is 5.56 Å². The fraction of sp³-hybridized carbons (Fsp3) is 0.364. The van der Waals surface area contributed by atoms with Crippen LogP contribution in [0.1, 0.15) is 15.9 Å². The average Bonchev–Trinajstić information content (AvgIpc) is 2.26. The molecule has 6 nitrogen and oxygen atoms in total. The van der Waals surface area contributed by atoms with Crippen molar-refractivity contribution in [2.45, 2.75) is 6.54 Å². The molecule has 0 fully saturated rings. The summed E-state index contributed by atoms with van der Waals surface area (Å²) in [6, 6.07) is 4.44. The normalized spacial score (nSPS) is 10.4. The molecule has 0 radical (unpaired) electrons. The number of carbonyl (C=O) groups is 1. The molecule has 0 spiro atoms. The van der Waals surface area contributed by atoms with Crippen LogP contribution in [-0.4, -0.2) is 37.0 Å². The Morgan fingerprint density at radius 1 is 1.47 bits per heavy atom. The van der Waals surface area contributed by atoms with E-state index in [0.29, 0.717) is 6.54 Å². The van der Waals surface area contributed by atoms with Crippen molar-refractivity contribution in [2.24, 2.45) is 0 Å². The Morgan fingerprint density at radius 2 is 2.12 bits per heavy atom. The lowest BCUT2D eigenvalue weighted by Gasteiger charge is -2.10. The Kier molecular flexibility index (Phi) is 4.17. The predicted molar refractivity (Wildman–Crippen MR) is 61.8 cm³/mol. The van der Waals surface area contributed by atoms with E-state index < -0.39 is 10.9 Å². The zero-order valence-corrected chi connectivity index (χ0v) is 9.97. The van der Waals surface area contributed by atoms with Gasteiger partial charge in [0.2, 0.25) is 0 Å². The van der Waals surface area contributed by atoms with Crippen molar-refractivity contribution in [1.82, 2.24) is 4.90 Å². The number of hydrogen-bond donors (Lipinski definition) is 0. The molecule has 0 saturated carbocycles. The number of rotatable bonds is 4. The van der Waals surface area contributed by atoms with Gasteiger partial charge in [-0.05, 0) is 25.7 Å². The molecule has 6 heteroatoms. The number of ether oxygens (including phenoxy) is 1. The van der Waals surface area contributed by atoms with Gasteiger partial charge < -0.3 is 9.64 Å². The van der Waals surface area contributed by atoms with E-state index in [2.05, 4.69) is 4.74 Å². The monoisotopic (exact) mass is 238 g/mol. The number of methoxy groups -OCH3 is 1. The van der Waals surface area contributed by atoms with E-state index in [9.17, 15) is 14.9 Å². The molecule has 1 rings (SSSR count). The van der Waals surface area contributed by atoms with Crippen LogP contribution in [0.5, 0.6) is 0 Å². The summed E-state index contributed by atoms with van der Waals surface area (Å²) in [6.07, 6.45) is 0. The largest absolute Gasteiger partial charge is 0.465 e. The average molecular weight is 238 g/mol. The minimum absolute atomic E-state index is 0.0168. The van der Waals surface area contributed by atoms with Crippen LogP contribution < -0.4 is 0 Å². The predicted octanol–water partition coefficient (Wildman–Crippen LogP) is 1.44. The quantitative estimate of drug-likeness (QED) is 0.451. The molecular formula is C11H14N2O4. The minimum atomic E-state index is -0.697. The zero-order chi connectivity index (χ0) is 13.0. The molecule has 0 unspecified atom stereocenters. The van der Waals surface area contributed by atoms with Crippen LogP contribution in [0.3, 0.4) is 0 Å². The van der Waals surface area contributed by atoms with Crippen LogP contribution >= 0.6 is 0 Å². The fourth-order valence-corrected chi connectivity index (χ4v) is 1.48. The van der Waals surface area contributed by atoms with Gasteiger partial charge in [0.15, 0.2) is 0 Å². The van der Waals surface area contributed by atoms with E-state index in [1.54, 1.807) is 6.07 Å². The molecule has 0 heterocycles. The van der Waals surface area contributed by atoms with Gasteiger partial charge in [-0.1, -0.05) is 6.07 Å². The number of benzene rings is 1. The summed E-state index contributed by atoms with van der Waals surface area (Å²) in [4.78, 5) is 23.5. The number of nitrogens with zero attached hydrogens (tertiary/aromatic N) is 2. The molecule has 0 bridgehead atoms. The lowest BCUT2D eigenvalue weighted by atomic mass is 10.1. The van der Waals surface area contributed by atoms with E-state index in [0.717, 1.165) is 5.56 Å². The van der Waals surface area contributed by atoms with Gasteiger partial charge >= 0.3 is 5.97 Å². The van der Waals surface area contributed by atoms with Crippen LogP contribution in [0, 0.1) is 10.1 Å². The summed E-state index contributed by atoms with van der Waals surface area (Å²) >= 11 is 0. The highest BCUT2D eigenvalue weighted by atomic mass is 16.6. The van der Waals surface area contributed by atoms with Crippen molar-refractivity contribution >= 4 is 11.7 Å². The summed E-state index contributed by atoms with van der Waals surface area (Å²) in [5, 5.41) is 10.8. The molecule has 0 amide bonds. The van der Waals surface area contributed by atoms with Crippen molar-refractivity contribution < 1.29 is 14.5 Å². The number of nitro groups is 1. The maximum atomic E-state index is 11.4. The molecule has 0 saturated heterocycles. The van der Waals surface area contributed by atoms with Crippen LogP contribution in [0.25, 0.3) is 0 Å². The van der Waals surface area contributed by atoms with Gasteiger partial charge in [0, 0.05) is 12.6 Å². The van der Waals surface area contributed by atoms with Crippen LogP contribution in [-0.2, 0) is 11.3 Å². The van der Waals surface area contributed by atoms with Crippen LogP contribution in [0.15, 0.2) is 18.2 Å². The SMILES string of the molecule is COC(=O)c1cc(CN(C)C)ccc1[N+](=O)[O-]. The Hall–Kier alpha value is -1.95. The number of nitro benzene ring substituents is 1. The Morgan fingerprint density at radius 3 is 2.59 bits per heavy atom. The number of carbonyl (C=O) groups excluding carboxylic acids is 1. The van der Waals surface area contributed by atoms with Crippen molar-refractivity contribution in [3.63, 3.8) is 0 Å². The number of esters is 1. The van der Waals surface area contributed by atoms with Crippen molar-refractivity contribution in [3.05, 3.63) is 39.4 Å². The summed E-state index contributed by atoms with van der Waals surface area (Å²) < 4.78 is 4.53. The highest BCUT2D eigenvalue weighted by Crippen LogP contribution is 2.21. The first kappa shape index (κ1) is 13.1. The van der Waals surface area contributed by atoms with Gasteiger partial charge in [-0.3, -0.25) is 10.1 Å². The summed E-state index contributed by atoms with van der Waals surface area (Å²) in [5.41, 5.74) is 0.567. The summed E-state index contributed by atoms with van der Waals surface area (Å²) in [5.74, 6) is -0.697. The summed E-state index contributed by atoms with van der Waals surface area (Å²) in [7, 11) is 4.95. The minimum Gasteiger partial charge on any atom is -0.465 e. The summed E-state index contributed by atoms with van der Waals surface area (Å²) in [6.45, 7) is 0.599. The Balaban J connectivity index is 3.19.